The highest BCUT2D eigenvalue weighted by Gasteiger charge is 2.14. The number of para-hydroxylation sites is 1. The summed E-state index contributed by atoms with van der Waals surface area (Å²) in [5.41, 5.74) is 0.862. The molecule has 0 amide bonds. The molecule has 0 unspecified atom stereocenters. The third-order valence-corrected chi connectivity index (χ3v) is 2.45. The van der Waals surface area contributed by atoms with Gasteiger partial charge in [0.15, 0.2) is 0 Å². The number of benzene rings is 1. The summed E-state index contributed by atoms with van der Waals surface area (Å²) >= 11 is 0. The van der Waals surface area contributed by atoms with Crippen molar-refractivity contribution in [3.05, 3.63) is 23.8 Å². The standard InChI is InChI=1S/C11H11F2N3O3/c12-9(13)6-19-5-4-16-10-7(11(17)18)2-1-3-8(10)14-15-16/h1-3,9H,4-6H2,(H,17,18). The van der Waals surface area contributed by atoms with Crippen LogP contribution in [0.15, 0.2) is 18.2 Å². The van der Waals surface area contributed by atoms with E-state index in [-0.39, 0.29) is 18.7 Å². The van der Waals surface area contributed by atoms with Crippen LogP contribution in [0.1, 0.15) is 10.4 Å². The number of carbonyl (C=O) groups is 1. The quantitative estimate of drug-likeness (QED) is 0.804. The molecular weight excluding hydrogens is 260 g/mol. The van der Waals surface area contributed by atoms with Gasteiger partial charge in [0.05, 0.1) is 18.7 Å². The molecule has 0 atom stereocenters. The maximum atomic E-state index is 11.9. The molecule has 1 N–H and O–H groups in total. The summed E-state index contributed by atoms with van der Waals surface area (Å²) in [6.07, 6.45) is -2.53. The second-order valence-electron chi connectivity index (χ2n) is 3.76. The third-order valence-electron chi connectivity index (χ3n) is 2.45. The number of fused-ring (bicyclic) bond motifs is 1. The zero-order valence-corrected chi connectivity index (χ0v) is 9.79. The first-order chi connectivity index (χ1) is 9.09. The lowest BCUT2D eigenvalue weighted by Crippen LogP contribution is -2.12. The number of alkyl halides is 2. The molecule has 0 aliphatic heterocycles. The van der Waals surface area contributed by atoms with Crippen LogP contribution in [0.25, 0.3) is 11.0 Å². The van der Waals surface area contributed by atoms with Crippen LogP contribution in [0.5, 0.6) is 0 Å². The van der Waals surface area contributed by atoms with Crippen molar-refractivity contribution < 1.29 is 23.4 Å². The van der Waals surface area contributed by atoms with E-state index in [0.29, 0.717) is 11.0 Å². The lowest BCUT2D eigenvalue weighted by atomic mass is 10.2. The number of rotatable bonds is 6. The molecular formula is C11H11F2N3O3. The minimum atomic E-state index is -2.53. The van der Waals surface area contributed by atoms with Gasteiger partial charge in [-0.1, -0.05) is 11.3 Å². The van der Waals surface area contributed by atoms with E-state index in [4.69, 9.17) is 9.84 Å². The van der Waals surface area contributed by atoms with Crippen LogP contribution < -0.4 is 0 Å². The van der Waals surface area contributed by atoms with Gasteiger partial charge in [0.1, 0.15) is 17.6 Å². The van der Waals surface area contributed by atoms with Crippen LogP contribution in [-0.2, 0) is 11.3 Å². The molecule has 0 saturated carbocycles. The fourth-order valence-corrected chi connectivity index (χ4v) is 1.68. The molecule has 0 fully saturated rings. The summed E-state index contributed by atoms with van der Waals surface area (Å²) in [6, 6.07) is 4.63. The van der Waals surface area contributed by atoms with E-state index < -0.39 is 19.0 Å². The van der Waals surface area contributed by atoms with E-state index in [1.165, 1.54) is 10.7 Å². The predicted octanol–water partition coefficient (Wildman–Crippen LogP) is 1.41. The monoisotopic (exact) mass is 271 g/mol. The average molecular weight is 271 g/mol. The van der Waals surface area contributed by atoms with Gasteiger partial charge in [-0.2, -0.15) is 0 Å². The lowest BCUT2D eigenvalue weighted by molar-refractivity contribution is 0.0141. The zero-order chi connectivity index (χ0) is 13.8. The first kappa shape index (κ1) is 13.3. The highest BCUT2D eigenvalue weighted by atomic mass is 19.3. The van der Waals surface area contributed by atoms with Gasteiger partial charge >= 0.3 is 5.97 Å². The van der Waals surface area contributed by atoms with Crippen molar-refractivity contribution in [2.75, 3.05) is 13.2 Å². The SMILES string of the molecule is O=C(O)c1cccc2nnn(CCOCC(F)F)c12. The number of aromatic nitrogens is 3. The first-order valence-electron chi connectivity index (χ1n) is 5.51. The largest absolute Gasteiger partial charge is 0.478 e. The Hall–Kier alpha value is -2.09. The van der Waals surface area contributed by atoms with E-state index in [1.807, 2.05) is 0 Å². The Morgan fingerprint density at radius 2 is 2.26 bits per heavy atom. The maximum Gasteiger partial charge on any atom is 0.337 e. The molecule has 1 heterocycles. The highest BCUT2D eigenvalue weighted by molar-refractivity contribution is 6.00. The maximum absolute atomic E-state index is 11.9. The number of nitrogens with zero attached hydrogens (tertiary/aromatic N) is 3. The van der Waals surface area contributed by atoms with Gasteiger partial charge in [-0.05, 0) is 12.1 Å². The highest BCUT2D eigenvalue weighted by Crippen LogP contribution is 2.16. The van der Waals surface area contributed by atoms with Crippen LogP contribution in [0.4, 0.5) is 8.78 Å². The van der Waals surface area contributed by atoms with E-state index >= 15 is 0 Å². The van der Waals surface area contributed by atoms with Crippen molar-refractivity contribution in [1.29, 1.82) is 0 Å². The van der Waals surface area contributed by atoms with Crippen molar-refractivity contribution in [3.63, 3.8) is 0 Å². The number of hydrogen-bond donors (Lipinski definition) is 1. The molecule has 0 bridgehead atoms. The molecule has 0 spiro atoms. The molecule has 6 nitrogen and oxygen atoms in total. The van der Waals surface area contributed by atoms with E-state index in [1.54, 1.807) is 12.1 Å². The van der Waals surface area contributed by atoms with Gasteiger partial charge in [0, 0.05) is 0 Å². The Kier molecular flexibility index (Phi) is 4.00. The van der Waals surface area contributed by atoms with Crippen LogP contribution in [-0.4, -0.2) is 45.7 Å². The molecule has 2 rings (SSSR count). The Labute approximate surface area is 106 Å². The number of aromatic carboxylic acids is 1. The smallest absolute Gasteiger partial charge is 0.337 e. The topological polar surface area (TPSA) is 77.2 Å². The average Bonchev–Trinajstić information content (AvgIpc) is 2.77. The summed E-state index contributed by atoms with van der Waals surface area (Å²) in [7, 11) is 0. The van der Waals surface area contributed by atoms with Gasteiger partial charge in [0.2, 0.25) is 0 Å². The van der Waals surface area contributed by atoms with Crippen molar-refractivity contribution in [1.82, 2.24) is 15.0 Å². The molecule has 2 aromatic rings. The molecule has 19 heavy (non-hydrogen) atoms. The molecule has 0 aliphatic rings. The van der Waals surface area contributed by atoms with Gasteiger partial charge < -0.3 is 9.84 Å². The lowest BCUT2D eigenvalue weighted by Gasteiger charge is -2.05. The van der Waals surface area contributed by atoms with Gasteiger partial charge in [-0.3, -0.25) is 0 Å². The number of halogens is 2. The van der Waals surface area contributed by atoms with Crippen LogP contribution in [0.2, 0.25) is 0 Å². The molecule has 102 valence electrons. The summed E-state index contributed by atoms with van der Waals surface area (Å²) in [5.74, 6) is -1.09. The third kappa shape index (κ3) is 3.02. The number of carboxylic acid groups (broad SMARTS) is 1. The fraction of sp³-hybridized carbons (Fsp3) is 0.364. The number of carboxylic acids is 1. The molecule has 0 radical (unpaired) electrons. The van der Waals surface area contributed by atoms with Gasteiger partial charge in [-0.15, -0.1) is 5.10 Å². The molecule has 1 aromatic heterocycles. The Bertz CT molecular complexity index is 586. The fourth-order valence-electron chi connectivity index (χ4n) is 1.68. The van der Waals surface area contributed by atoms with E-state index in [9.17, 15) is 13.6 Å². The Balaban J connectivity index is 2.17. The van der Waals surface area contributed by atoms with Crippen molar-refractivity contribution >= 4 is 17.0 Å². The molecule has 0 saturated heterocycles. The second-order valence-corrected chi connectivity index (χ2v) is 3.76. The number of hydrogen-bond acceptors (Lipinski definition) is 4. The first-order valence-corrected chi connectivity index (χ1v) is 5.51. The van der Waals surface area contributed by atoms with Crippen LogP contribution in [0.3, 0.4) is 0 Å². The van der Waals surface area contributed by atoms with Crippen LogP contribution in [0, 0.1) is 0 Å². The molecule has 0 aliphatic carbocycles. The zero-order valence-electron chi connectivity index (χ0n) is 9.79. The Morgan fingerprint density at radius 3 is 2.95 bits per heavy atom. The van der Waals surface area contributed by atoms with E-state index in [0.717, 1.165) is 0 Å². The van der Waals surface area contributed by atoms with Gasteiger partial charge in [-0.25, -0.2) is 18.3 Å². The Morgan fingerprint density at radius 1 is 1.47 bits per heavy atom. The minimum absolute atomic E-state index is 0.0107. The minimum Gasteiger partial charge on any atom is -0.478 e. The summed E-state index contributed by atoms with van der Waals surface area (Å²) < 4.78 is 29.8. The second kappa shape index (κ2) is 5.70. The number of ether oxygens (including phenoxy) is 1. The summed E-state index contributed by atoms with van der Waals surface area (Å²) in [6.45, 7) is -0.483. The summed E-state index contributed by atoms with van der Waals surface area (Å²) in [5, 5.41) is 16.7. The van der Waals surface area contributed by atoms with Crippen LogP contribution >= 0.6 is 0 Å². The predicted molar refractivity (Wildman–Crippen MR) is 61.3 cm³/mol. The molecule has 8 heteroatoms. The van der Waals surface area contributed by atoms with E-state index in [2.05, 4.69) is 10.3 Å². The van der Waals surface area contributed by atoms with Crippen molar-refractivity contribution in [3.8, 4) is 0 Å². The van der Waals surface area contributed by atoms with Crippen molar-refractivity contribution in [2.45, 2.75) is 13.0 Å². The van der Waals surface area contributed by atoms with Gasteiger partial charge in [0.25, 0.3) is 6.43 Å². The van der Waals surface area contributed by atoms with Crippen molar-refractivity contribution in [2.24, 2.45) is 0 Å². The molecule has 1 aromatic carbocycles. The summed E-state index contributed by atoms with van der Waals surface area (Å²) in [4.78, 5) is 11.1. The normalized spacial score (nSPS) is 11.3.